The quantitative estimate of drug-likeness (QED) is 0.562. The fourth-order valence-electron chi connectivity index (χ4n) is 2.27. The lowest BCUT2D eigenvalue weighted by atomic mass is 9.80. The van der Waals surface area contributed by atoms with Gasteiger partial charge in [-0.15, -0.1) is 0 Å². The number of esters is 1. The van der Waals surface area contributed by atoms with Crippen LogP contribution in [0.4, 0.5) is 0 Å². The van der Waals surface area contributed by atoms with Crippen molar-refractivity contribution in [3.8, 4) is 0 Å². The van der Waals surface area contributed by atoms with Gasteiger partial charge in [-0.1, -0.05) is 62.2 Å². The Morgan fingerprint density at radius 3 is 2.62 bits per heavy atom. The molecular formula is C15H11Br2O4-. The topological polar surface area (TPSA) is 66.4 Å². The summed E-state index contributed by atoms with van der Waals surface area (Å²) in [6, 6.07) is 6.71. The smallest absolute Gasteiger partial charge is 0.338 e. The molecule has 2 rings (SSSR count). The Bertz CT molecular complexity index is 651. The van der Waals surface area contributed by atoms with Crippen molar-refractivity contribution in [3.63, 3.8) is 0 Å². The normalized spacial score (nSPS) is 24.3. The van der Waals surface area contributed by atoms with Gasteiger partial charge in [0.1, 0.15) is 0 Å². The number of carbonyl (C=O) groups excluding carboxylic acids is 2. The summed E-state index contributed by atoms with van der Waals surface area (Å²) >= 11 is 6.80. The molecule has 21 heavy (non-hydrogen) atoms. The van der Waals surface area contributed by atoms with E-state index in [1.165, 1.54) is 13.2 Å². The van der Waals surface area contributed by atoms with E-state index in [9.17, 15) is 14.7 Å². The number of allylic oxidation sites excluding steroid dienone is 3. The second-order valence-electron chi connectivity index (χ2n) is 4.49. The van der Waals surface area contributed by atoms with E-state index in [2.05, 4.69) is 31.9 Å². The Kier molecular flexibility index (Phi) is 4.68. The number of methoxy groups -OCH3 is 1. The standard InChI is InChI=1S/C15H12Br2O4/c1-21-14(20)10-4-2-3-5-11(10)15(17)8-9(16)6-7-12(15)13(18)19/h2-8,12H,1H3,(H,18,19)/p-1. The number of carboxylic acid groups (broad SMARTS) is 1. The zero-order chi connectivity index (χ0) is 15.6. The van der Waals surface area contributed by atoms with E-state index in [4.69, 9.17) is 4.74 Å². The third kappa shape index (κ3) is 2.96. The summed E-state index contributed by atoms with van der Waals surface area (Å²) in [4.78, 5) is 23.4. The van der Waals surface area contributed by atoms with E-state index in [0.29, 0.717) is 15.6 Å². The molecule has 4 nitrogen and oxygen atoms in total. The van der Waals surface area contributed by atoms with Crippen LogP contribution in [0.1, 0.15) is 15.9 Å². The molecule has 0 aliphatic heterocycles. The molecule has 1 aromatic rings. The van der Waals surface area contributed by atoms with E-state index in [1.807, 2.05) is 0 Å². The third-order valence-electron chi connectivity index (χ3n) is 3.25. The maximum Gasteiger partial charge on any atom is 0.338 e. The van der Waals surface area contributed by atoms with Gasteiger partial charge in [0.2, 0.25) is 0 Å². The zero-order valence-corrected chi connectivity index (χ0v) is 14.2. The first-order chi connectivity index (χ1) is 9.90. The highest BCUT2D eigenvalue weighted by Crippen LogP contribution is 2.46. The first kappa shape index (κ1) is 16.0. The van der Waals surface area contributed by atoms with Gasteiger partial charge in [0.25, 0.3) is 0 Å². The molecule has 0 bridgehead atoms. The Balaban J connectivity index is 2.65. The highest BCUT2D eigenvalue weighted by molar-refractivity contribution is 9.12. The fourth-order valence-corrected chi connectivity index (χ4v) is 4.02. The molecule has 0 heterocycles. The molecule has 0 aromatic heterocycles. The number of aliphatic carboxylic acids is 1. The number of halogens is 2. The molecule has 0 fully saturated rings. The average molecular weight is 415 g/mol. The molecule has 1 aliphatic rings. The lowest BCUT2D eigenvalue weighted by Gasteiger charge is -2.36. The molecule has 0 amide bonds. The van der Waals surface area contributed by atoms with Crippen molar-refractivity contribution in [1.82, 2.24) is 0 Å². The summed E-state index contributed by atoms with van der Waals surface area (Å²) in [5, 5.41) is 11.4. The Labute approximate surface area is 138 Å². The average Bonchev–Trinajstić information content (AvgIpc) is 2.46. The van der Waals surface area contributed by atoms with Crippen molar-refractivity contribution in [2.24, 2.45) is 5.92 Å². The van der Waals surface area contributed by atoms with Crippen LogP contribution in [0.2, 0.25) is 0 Å². The minimum absolute atomic E-state index is 0.301. The Hall–Kier alpha value is -1.40. The molecule has 6 heteroatoms. The molecule has 0 saturated heterocycles. The second kappa shape index (κ2) is 6.15. The van der Waals surface area contributed by atoms with Crippen molar-refractivity contribution < 1.29 is 19.4 Å². The lowest BCUT2D eigenvalue weighted by molar-refractivity contribution is -0.310. The molecule has 2 unspecified atom stereocenters. The highest BCUT2D eigenvalue weighted by atomic mass is 79.9. The van der Waals surface area contributed by atoms with Crippen LogP contribution in [-0.2, 0) is 13.9 Å². The largest absolute Gasteiger partial charge is 0.549 e. The van der Waals surface area contributed by atoms with Crippen LogP contribution in [-0.4, -0.2) is 19.0 Å². The lowest BCUT2D eigenvalue weighted by Crippen LogP contribution is -2.42. The van der Waals surface area contributed by atoms with E-state index < -0.39 is 22.2 Å². The first-order valence-corrected chi connectivity index (χ1v) is 7.63. The second-order valence-corrected chi connectivity index (χ2v) is 6.72. The SMILES string of the molecule is COC(=O)c1ccccc1C1(Br)C=C(Br)C=CC1C(=O)[O-]. The van der Waals surface area contributed by atoms with Crippen molar-refractivity contribution >= 4 is 43.8 Å². The highest BCUT2D eigenvalue weighted by Gasteiger charge is 2.40. The minimum Gasteiger partial charge on any atom is -0.549 e. The Morgan fingerprint density at radius 1 is 1.33 bits per heavy atom. The Morgan fingerprint density at radius 2 is 2.00 bits per heavy atom. The van der Waals surface area contributed by atoms with E-state index in [-0.39, 0.29) is 0 Å². The summed E-state index contributed by atoms with van der Waals surface area (Å²) in [6.45, 7) is 0. The number of benzene rings is 1. The molecular weight excluding hydrogens is 404 g/mol. The number of carbonyl (C=O) groups is 2. The van der Waals surface area contributed by atoms with Crippen LogP contribution in [0.25, 0.3) is 0 Å². The molecule has 2 atom stereocenters. The van der Waals surface area contributed by atoms with Crippen LogP contribution in [0.15, 0.2) is 47.0 Å². The zero-order valence-electron chi connectivity index (χ0n) is 11.0. The van der Waals surface area contributed by atoms with Gasteiger partial charge in [0.05, 0.1) is 23.0 Å². The molecule has 1 aromatic carbocycles. The van der Waals surface area contributed by atoms with Gasteiger partial charge in [0.15, 0.2) is 0 Å². The maximum atomic E-state index is 11.9. The predicted molar refractivity (Wildman–Crippen MR) is 83.0 cm³/mol. The van der Waals surface area contributed by atoms with Gasteiger partial charge in [-0.25, -0.2) is 4.79 Å². The molecule has 0 N–H and O–H groups in total. The molecule has 1 aliphatic carbocycles. The molecule has 110 valence electrons. The maximum absolute atomic E-state index is 11.9. The fraction of sp³-hybridized carbons (Fsp3) is 0.200. The monoisotopic (exact) mass is 413 g/mol. The summed E-state index contributed by atoms with van der Waals surface area (Å²) in [5.74, 6) is -2.72. The van der Waals surface area contributed by atoms with E-state index in [1.54, 1.807) is 36.4 Å². The van der Waals surface area contributed by atoms with Crippen LogP contribution in [0, 0.1) is 5.92 Å². The van der Waals surface area contributed by atoms with Gasteiger partial charge >= 0.3 is 5.97 Å². The molecule has 0 radical (unpaired) electrons. The van der Waals surface area contributed by atoms with Crippen molar-refractivity contribution in [2.45, 2.75) is 4.32 Å². The first-order valence-electron chi connectivity index (χ1n) is 6.04. The number of rotatable bonds is 3. The van der Waals surface area contributed by atoms with Gasteiger partial charge in [0, 0.05) is 10.4 Å². The third-order valence-corrected chi connectivity index (χ3v) is 4.89. The van der Waals surface area contributed by atoms with Crippen LogP contribution < -0.4 is 5.11 Å². The number of hydrogen-bond donors (Lipinski definition) is 0. The number of hydrogen-bond acceptors (Lipinski definition) is 4. The summed E-state index contributed by atoms with van der Waals surface area (Å²) < 4.78 is 4.37. The van der Waals surface area contributed by atoms with Gasteiger partial charge in [-0.3, -0.25) is 0 Å². The van der Waals surface area contributed by atoms with Gasteiger partial charge in [-0.2, -0.15) is 0 Å². The van der Waals surface area contributed by atoms with Crippen LogP contribution in [0.5, 0.6) is 0 Å². The van der Waals surface area contributed by atoms with E-state index >= 15 is 0 Å². The minimum atomic E-state index is -1.24. The van der Waals surface area contributed by atoms with Crippen molar-refractivity contribution in [2.75, 3.05) is 7.11 Å². The van der Waals surface area contributed by atoms with Crippen LogP contribution >= 0.6 is 31.9 Å². The van der Waals surface area contributed by atoms with Gasteiger partial charge < -0.3 is 14.6 Å². The number of ether oxygens (including phenoxy) is 1. The summed E-state index contributed by atoms with van der Waals surface area (Å²) in [6.07, 6.45) is 4.85. The summed E-state index contributed by atoms with van der Waals surface area (Å²) in [5.41, 5.74) is 0.808. The van der Waals surface area contributed by atoms with E-state index in [0.717, 1.165) is 0 Å². The van der Waals surface area contributed by atoms with Gasteiger partial charge in [-0.05, 0) is 17.7 Å². The van der Waals surface area contributed by atoms with Crippen LogP contribution in [0.3, 0.4) is 0 Å². The summed E-state index contributed by atoms with van der Waals surface area (Å²) in [7, 11) is 1.28. The van der Waals surface area contributed by atoms with Crippen molar-refractivity contribution in [1.29, 1.82) is 0 Å². The predicted octanol–water partition coefficient (Wildman–Crippen LogP) is 2.28. The molecule has 0 spiro atoms. The number of carboxylic acids is 1. The number of alkyl halides is 1. The van der Waals surface area contributed by atoms with Crippen molar-refractivity contribution in [3.05, 3.63) is 58.1 Å². The molecule has 0 saturated carbocycles.